The molecule has 11 heteroatoms. The largest absolute Gasteiger partial charge is 0.462 e. The number of hydrogen-bond donors (Lipinski definition) is 2. The Morgan fingerprint density at radius 1 is 1.30 bits per heavy atom. The van der Waals surface area contributed by atoms with Crippen molar-refractivity contribution in [3.8, 4) is 0 Å². The molecule has 1 aromatic carbocycles. The predicted molar refractivity (Wildman–Crippen MR) is 122 cm³/mol. The maximum absolute atomic E-state index is 15.3. The SMILES string of the molecule is CCOC(=O)c1cc(F)c(N2CC[C@H](NC(=O)OC(C)(C)C)C2)c(Cl)c1N(C(N)=O)C1CC1. The molecule has 1 saturated heterocycles. The Balaban J connectivity index is 1.93. The van der Waals surface area contributed by atoms with Crippen LogP contribution in [0.3, 0.4) is 0 Å². The summed E-state index contributed by atoms with van der Waals surface area (Å²) in [7, 11) is 0. The van der Waals surface area contributed by atoms with E-state index in [0.29, 0.717) is 25.8 Å². The van der Waals surface area contributed by atoms with Gasteiger partial charge in [0.15, 0.2) is 0 Å². The van der Waals surface area contributed by atoms with E-state index in [1.165, 1.54) is 4.90 Å². The standard InChI is InChI=1S/C22H30ClFN4O5/c1-5-32-19(29)14-10-15(24)18(16(23)17(14)28(20(25)30)13-6-7-13)27-9-8-12(11-27)26-21(31)33-22(2,3)4/h10,12-13H,5-9,11H2,1-4H3,(H2,25,30)(H,26,31)/t12-/m0/s1. The van der Waals surface area contributed by atoms with Crippen LogP contribution in [-0.2, 0) is 9.47 Å². The lowest BCUT2D eigenvalue weighted by atomic mass is 10.1. The van der Waals surface area contributed by atoms with Crippen LogP contribution in [0.15, 0.2) is 6.07 Å². The van der Waals surface area contributed by atoms with E-state index in [0.717, 1.165) is 6.07 Å². The van der Waals surface area contributed by atoms with Crippen molar-refractivity contribution in [2.45, 2.75) is 64.6 Å². The molecule has 3 N–H and O–H groups in total. The van der Waals surface area contributed by atoms with E-state index >= 15 is 4.39 Å². The molecule has 0 unspecified atom stereocenters. The summed E-state index contributed by atoms with van der Waals surface area (Å²) < 4.78 is 25.6. The first kappa shape index (κ1) is 24.9. The normalized spacial score (nSPS) is 18.1. The van der Waals surface area contributed by atoms with Gasteiger partial charge in [0, 0.05) is 19.1 Å². The third-order valence-corrected chi connectivity index (χ3v) is 5.64. The van der Waals surface area contributed by atoms with Crippen molar-refractivity contribution in [3.05, 3.63) is 22.5 Å². The number of rotatable bonds is 6. The first-order valence-corrected chi connectivity index (χ1v) is 11.3. The zero-order valence-electron chi connectivity index (χ0n) is 19.2. The molecule has 0 aromatic heterocycles. The number of carbonyl (C=O) groups is 3. The monoisotopic (exact) mass is 484 g/mol. The van der Waals surface area contributed by atoms with Gasteiger partial charge in [-0.1, -0.05) is 11.6 Å². The minimum atomic E-state index is -0.794. The minimum absolute atomic E-state index is 0.0418. The molecule has 0 spiro atoms. The van der Waals surface area contributed by atoms with Crippen LogP contribution in [0.4, 0.5) is 25.4 Å². The number of benzene rings is 1. The van der Waals surface area contributed by atoms with E-state index in [1.54, 1.807) is 32.6 Å². The fraction of sp³-hybridized carbons (Fsp3) is 0.591. The fourth-order valence-corrected chi connectivity index (χ4v) is 4.25. The molecule has 3 rings (SSSR count). The van der Waals surface area contributed by atoms with Gasteiger partial charge in [0.05, 0.1) is 34.6 Å². The average Bonchev–Trinajstić information content (AvgIpc) is 3.41. The van der Waals surface area contributed by atoms with Crippen molar-refractivity contribution >= 4 is 41.1 Å². The highest BCUT2D eigenvalue weighted by Crippen LogP contribution is 2.45. The van der Waals surface area contributed by atoms with E-state index in [1.807, 2.05) is 0 Å². The molecule has 2 fully saturated rings. The van der Waals surface area contributed by atoms with Gasteiger partial charge in [0.1, 0.15) is 11.4 Å². The quantitative estimate of drug-likeness (QED) is 0.593. The Morgan fingerprint density at radius 2 is 1.97 bits per heavy atom. The second-order valence-electron chi connectivity index (χ2n) is 9.15. The maximum atomic E-state index is 15.3. The van der Waals surface area contributed by atoms with Gasteiger partial charge in [-0.3, -0.25) is 4.90 Å². The molecule has 1 heterocycles. The van der Waals surface area contributed by atoms with Gasteiger partial charge in [-0.25, -0.2) is 18.8 Å². The van der Waals surface area contributed by atoms with Gasteiger partial charge >= 0.3 is 18.1 Å². The summed E-state index contributed by atoms with van der Waals surface area (Å²) in [6.07, 6.45) is 1.36. The first-order valence-electron chi connectivity index (χ1n) is 10.9. The Kier molecular flexibility index (Phi) is 7.26. The minimum Gasteiger partial charge on any atom is -0.462 e. The third kappa shape index (κ3) is 5.79. The number of nitrogens with zero attached hydrogens (tertiary/aromatic N) is 2. The van der Waals surface area contributed by atoms with Gasteiger partial charge in [-0.15, -0.1) is 0 Å². The average molecular weight is 485 g/mol. The van der Waals surface area contributed by atoms with Gasteiger partial charge < -0.3 is 25.4 Å². The number of carbonyl (C=O) groups excluding carboxylic acids is 3. The van der Waals surface area contributed by atoms with E-state index in [9.17, 15) is 14.4 Å². The number of hydrogen-bond acceptors (Lipinski definition) is 6. The van der Waals surface area contributed by atoms with Crippen molar-refractivity contribution in [1.29, 1.82) is 0 Å². The molecule has 1 aliphatic carbocycles. The van der Waals surface area contributed by atoms with Gasteiger partial charge in [-0.05, 0) is 53.0 Å². The highest BCUT2D eigenvalue weighted by molar-refractivity contribution is 6.37. The highest BCUT2D eigenvalue weighted by atomic mass is 35.5. The Labute approximate surface area is 197 Å². The molecule has 1 atom stereocenters. The number of esters is 1. The first-order chi connectivity index (χ1) is 15.4. The van der Waals surface area contributed by atoms with E-state index in [2.05, 4.69) is 5.32 Å². The molecular weight excluding hydrogens is 455 g/mol. The number of anilines is 2. The van der Waals surface area contributed by atoms with Crippen molar-refractivity contribution < 1.29 is 28.2 Å². The van der Waals surface area contributed by atoms with Crippen LogP contribution < -0.4 is 20.9 Å². The lowest BCUT2D eigenvalue weighted by Crippen LogP contribution is -2.41. The number of amides is 3. The molecule has 1 aromatic rings. The molecule has 9 nitrogen and oxygen atoms in total. The number of primary amides is 1. The summed E-state index contributed by atoms with van der Waals surface area (Å²) in [5.41, 5.74) is 4.89. The van der Waals surface area contributed by atoms with E-state index in [4.69, 9.17) is 26.8 Å². The van der Waals surface area contributed by atoms with Crippen molar-refractivity contribution in [2.24, 2.45) is 5.73 Å². The van der Waals surface area contributed by atoms with Gasteiger partial charge in [0.2, 0.25) is 0 Å². The van der Waals surface area contributed by atoms with Crippen molar-refractivity contribution in [1.82, 2.24) is 5.32 Å². The van der Waals surface area contributed by atoms with Crippen LogP contribution in [0.2, 0.25) is 5.02 Å². The summed E-state index contributed by atoms with van der Waals surface area (Å²) >= 11 is 6.64. The van der Waals surface area contributed by atoms with Gasteiger partial charge in [-0.2, -0.15) is 0 Å². The molecule has 0 radical (unpaired) electrons. The van der Waals surface area contributed by atoms with Crippen LogP contribution >= 0.6 is 11.6 Å². The third-order valence-electron chi connectivity index (χ3n) is 5.28. The van der Waals surface area contributed by atoms with Crippen LogP contribution in [-0.4, -0.2) is 55.5 Å². The molecule has 1 saturated carbocycles. The smallest absolute Gasteiger partial charge is 0.407 e. The van der Waals surface area contributed by atoms with Gasteiger partial charge in [0.25, 0.3) is 0 Å². The topological polar surface area (TPSA) is 114 Å². The molecule has 33 heavy (non-hydrogen) atoms. The predicted octanol–water partition coefficient (Wildman–Crippen LogP) is 3.81. The second kappa shape index (κ2) is 9.62. The molecule has 3 amide bonds. The van der Waals surface area contributed by atoms with E-state index < -0.39 is 29.5 Å². The maximum Gasteiger partial charge on any atom is 0.407 e. The Bertz CT molecular complexity index is 948. The number of halogens is 2. The highest BCUT2D eigenvalue weighted by Gasteiger charge is 2.39. The number of alkyl carbamates (subject to hydrolysis) is 1. The Hall–Kier alpha value is -2.75. The summed E-state index contributed by atoms with van der Waals surface area (Å²) in [4.78, 5) is 39.8. The van der Waals surface area contributed by atoms with Crippen LogP contribution in [0.5, 0.6) is 0 Å². The molecule has 182 valence electrons. The zero-order chi connectivity index (χ0) is 24.5. The molecule has 1 aliphatic heterocycles. The number of nitrogens with two attached hydrogens (primary N) is 1. The zero-order valence-corrected chi connectivity index (χ0v) is 20.0. The summed E-state index contributed by atoms with van der Waals surface area (Å²) in [5, 5.41) is 2.68. The number of nitrogens with one attached hydrogen (secondary N) is 1. The lowest BCUT2D eigenvalue weighted by molar-refractivity contribution is 0.0503. The number of ether oxygens (including phenoxy) is 2. The van der Waals surface area contributed by atoms with Crippen LogP contribution in [0.25, 0.3) is 0 Å². The lowest BCUT2D eigenvalue weighted by Gasteiger charge is -2.28. The molecular formula is C22H30ClFN4O5. The Morgan fingerprint density at radius 3 is 2.52 bits per heavy atom. The summed E-state index contributed by atoms with van der Waals surface area (Å²) in [6.45, 7) is 7.66. The van der Waals surface area contributed by atoms with Crippen LogP contribution in [0, 0.1) is 5.82 Å². The molecule has 0 bridgehead atoms. The second-order valence-corrected chi connectivity index (χ2v) is 9.53. The van der Waals surface area contributed by atoms with Crippen molar-refractivity contribution in [2.75, 3.05) is 29.5 Å². The van der Waals surface area contributed by atoms with E-state index in [-0.39, 0.29) is 47.2 Å². The summed E-state index contributed by atoms with van der Waals surface area (Å²) in [6, 6.07) is -0.263. The van der Waals surface area contributed by atoms with Crippen molar-refractivity contribution in [3.63, 3.8) is 0 Å². The molecule has 2 aliphatic rings. The number of urea groups is 1. The fourth-order valence-electron chi connectivity index (χ4n) is 3.85. The van der Waals surface area contributed by atoms with Crippen LogP contribution in [0.1, 0.15) is 57.3 Å². The summed E-state index contributed by atoms with van der Waals surface area (Å²) in [5.74, 6) is -1.53.